The van der Waals surface area contributed by atoms with Gasteiger partial charge in [-0.2, -0.15) is 0 Å². The van der Waals surface area contributed by atoms with Gasteiger partial charge in [0, 0.05) is 0 Å². The summed E-state index contributed by atoms with van der Waals surface area (Å²) in [5.74, 6) is 0.677. The molecule has 0 radical (unpaired) electrons. The predicted octanol–water partition coefficient (Wildman–Crippen LogP) is 8.12. The van der Waals surface area contributed by atoms with Gasteiger partial charge >= 0.3 is 5.97 Å². The summed E-state index contributed by atoms with van der Waals surface area (Å²) in [6, 6.07) is 7.85. The van der Waals surface area contributed by atoms with Gasteiger partial charge < -0.3 is 14.0 Å². The molecule has 4 heteroatoms. The number of quaternary nitrogens is 1. The van der Waals surface area contributed by atoms with Crippen LogP contribution in [-0.4, -0.2) is 51.4 Å². The molecule has 35 heavy (non-hydrogen) atoms. The lowest BCUT2D eigenvalue weighted by molar-refractivity contribution is -0.870. The fourth-order valence-electron chi connectivity index (χ4n) is 4.24. The molecule has 0 amide bonds. The first-order valence-electron chi connectivity index (χ1n) is 14.6. The van der Waals surface area contributed by atoms with Crippen LogP contribution in [0.3, 0.4) is 0 Å². The van der Waals surface area contributed by atoms with Gasteiger partial charge in [0.25, 0.3) is 0 Å². The molecule has 0 N–H and O–H groups in total. The minimum absolute atomic E-state index is 0.173. The standard InChI is InChI=1S/C31H56NO3/c1-5-6-7-8-9-10-11-12-13-14-15-16-17-18-19-20-25-34-30-23-21-22-29(27-30)28-31(33)35-26-24-32(2,3)4/h21-23,27H,5-20,24-26,28H2,1-4H3/q+1. The zero-order chi connectivity index (χ0) is 25.6. The number of likely N-dealkylation sites (N-methyl/N-ethyl adjacent to an activating group) is 1. The highest BCUT2D eigenvalue weighted by molar-refractivity contribution is 5.72. The lowest BCUT2D eigenvalue weighted by Crippen LogP contribution is -2.38. The van der Waals surface area contributed by atoms with Crippen molar-refractivity contribution < 1.29 is 18.8 Å². The number of carbonyl (C=O) groups is 1. The molecule has 0 aliphatic rings. The van der Waals surface area contributed by atoms with E-state index in [1.165, 1.54) is 96.3 Å². The molecular weight excluding hydrogens is 434 g/mol. The Kier molecular flexibility index (Phi) is 18.5. The van der Waals surface area contributed by atoms with E-state index in [1.807, 2.05) is 24.3 Å². The molecule has 1 aromatic rings. The number of hydrogen-bond donors (Lipinski definition) is 0. The Balaban J connectivity index is 1.95. The summed E-state index contributed by atoms with van der Waals surface area (Å²) in [4.78, 5) is 12.1. The van der Waals surface area contributed by atoms with Crippen LogP contribution in [0.2, 0.25) is 0 Å². The first-order chi connectivity index (χ1) is 16.9. The topological polar surface area (TPSA) is 35.5 Å². The van der Waals surface area contributed by atoms with Gasteiger partial charge in [0.15, 0.2) is 0 Å². The summed E-state index contributed by atoms with van der Waals surface area (Å²) >= 11 is 0. The molecule has 1 aromatic carbocycles. The fraction of sp³-hybridized carbons (Fsp3) is 0.774. The Morgan fingerprint density at radius 1 is 0.714 bits per heavy atom. The van der Waals surface area contributed by atoms with Crippen molar-refractivity contribution in [3.63, 3.8) is 0 Å². The Hall–Kier alpha value is -1.55. The van der Waals surface area contributed by atoms with Crippen LogP contribution in [-0.2, 0) is 16.0 Å². The van der Waals surface area contributed by atoms with Crippen LogP contribution < -0.4 is 4.74 Å². The Labute approximate surface area is 217 Å². The van der Waals surface area contributed by atoms with Crippen molar-refractivity contribution in [2.24, 2.45) is 0 Å². The van der Waals surface area contributed by atoms with Gasteiger partial charge in [-0.05, 0) is 24.1 Å². The Morgan fingerprint density at radius 2 is 1.23 bits per heavy atom. The molecule has 0 aromatic heterocycles. The van der Waals surface area contributed by atoms with Crippen LogP contribution >= 0.6 is 0 Å². The molecule has 0 unspecified atom stereocenters. The van der Waals surface area contributed by atoms with Crippen molar-refractivity contribution in [3.8, 4) is 5.75 Å². The third kappa shape index (κ3) is 20.4. The number of nitrogens with zero attached hydrogens (tertiary/aromatic N) is 1. The maximum absolute atomic E-state index is 12.1. The van der Waals surface area contributed by atoms with E-state index in [0.29, 0.717) is 13.0 Å². The number of ether oxygens (including phenoxy) is 2. The Bertz CT molecular complexity index is 638. The molecule has 4 nitrogen and oxygen atoms in total. The van der Waals surface area contributed by atoms with Gasteiger partial charge in [-0.3, -0.25) is 4.79 Å². The molecule has 0 bridgehead atoms. The van der Waals surface area contributed by atoms with Crippen LogP contribution in [0.1, 0.15) is 115 Å². The summed E-state index contributed by atoms with van der Waals surface area (Å²) in [6.45, 7) is 4.30. The molecule has 0 aliphatic heterocycles. The fourth-order valence-corrected chi connectivity index (χ4v) is 4.24. The quantitative estimate of drug-likeness (QED) is 0.0882. The average molecular weight is 491 g/mol. The van der Waals surface area contributed by atoms with Crippen LogP contribution in [0, 0.1) is 0 Å². The monoisotopic (exact) mass is 490 g/mol. The van der Waals surface area contributed by atoms with Gasteiger partial charge in [-0.1, -0.05) is 115 Å². The van der Waals surface area contributed by atoms with E-state index in [2.05, 4.69) is 28.1 Å². The predicted molar refractivity (Wildman–Crippen MR) is 149 cm³/mol. The van der Waals surface area contributed by atoms with Crippen LogP contribution in [0.4, 0.5) is 0 Å². The number of benzene rings is 1. The minimum atomic E-state index is -0.173. The van der Waals surface area contributed by atoms with Crippen molar-refractivity contribution in [2.75, 3.05) is 40.9 Å². The Morgan fingerprint density at radius 3 is 1.74 bits per heavy atom. The average Bonchev–Trinajstić information content (AvgIpc) is 2.80. The second kappa shape index (κ2) is 20.6. The maximum Gasteiger partial charge on any atom is 0.310 e. The lowest BCUT2D eigenvalue weighted by atomic mass is 10.0. The zero-order valence-corrected chi connectivity index (χ0v) is 23.6. The van der Waals surface area contributed by atoms with E-state index in [-0.39, 0.29) is 5.97 Å². The number of carbonyl (C=O) groups excluding carboxylic acids is 1. The van der Waals surface area contributed by atoms with Crippen molar-refractivity contribution in [1.82, 2.24) is 0 Å². The SMILES string of the molecule is CCCCCCCCCCCCCCCCCCOc1cccc(CC(=O)OCC[N+](C)(C)C)c1. The minimum Gasteiger partial charge on any atom is -0.494 e. The molecule has 1 rings (SSSR count). The number of rotatable bonds is 23. The van der Waals surface area contributed by atoms with Gasteiger partial charge in [-0.25, -0.2) is 0 Å². The van der Waals surface area contributed by atoms with E-state index in [9.17, 15) is 4.79 Å². The zero-order valence-electron chi connectivity index (χ0n) is 23.6. The highest BCUT2D eigenvalue weighted by atomic mass is 16.5. The molecule has 0 fully saturated rings. The smallest absolute Gasteiger partial charge is 0.310 e. The number of unbranched alkanes of at least 4 members (excludes halogenated alkanes) is 15. The van der Waals surface area contributed by atoms with Gasteiger partial charge in [0.1, 0.15) is 18.9 Å². The van der Waals surface area contributed by atoms with Crippen molar-refractivity contribution in [2.45, 2.75) is 116 Å². The summed E-state index contributed by atoms with van der Waals surface area (Å²) in [5, 5.41) is 0. The van der Waals surface area contributed by atoms with Gasteiger partial charge in [0.2, 0.25) is 0 Å². The first-order valence-corrected chi connectivity index (χ1v) is 14.6. The first kappa shape index (κ1) is 31.5. The van der Waals surface area contributed by atoms with Crippen molar-refractivity contribution >= 4 is 5.97 Å². The molecular formula is C31H56NO3+. The number of esters is 1. The van der Waals surface area contributed by atoms with E-state index in [0.717, 1.165) is 35.4 Å². The van der Waals surface area contributed by atoms with E-state index in [4.69, 9.17) is 9.47 Å². The normalized spacial score (nSPS) is 11.5. The molecule has 0 saturated heterocycles. The molecule has 0 heterocycles. The second-order valence-corrected chi connectivity index (χ2v) is 11.2. The summed E-state index contributed by atoms with van der Waals surface area (Å²) in [7, 11) is 6.27. The van der Waals surface area contributed by atoms with E-state index in [1.54, 1.807) is 0 Å². The highest BCUT2D eigenvalue weighted by Gasteiger charge is 2.10. The van der Waals surface area contributed by atoms with Crippen molar-refractivity contribution in [3.05, 3.63) is 29.8 Å². The van der Waals surface area contributed by atoms with Gasteiger partial charge in [-0.15, -0.1) is 0 Å². The van der Waals surface area contributed by atoms with Gasteiger partial charge in [0.05, 0.1) is 34.2 Å². The van der Waals surface area contributed by atoms with Crippen LogP contribution in [0.5, 0.6) is 5.75 Å². The summed E-state index contributed by atoms with van der Waals surface area (Å²) < 4.78 is 12.1. The lowest BCUT2D eigenvalue weighted by Gasteiger charge is -2.23. The molecule has 0 saturated carbocycles. The van der Waals surface area contributed by atoms with Crippen LogP contribution in [0.15, 0.2) is 24.3 Å². The van der Waals surface area contributed by atoms with E-state index < -0.39 is 0 Å². The largest absolute Gasteiger partial charge is 0.494 e. The third-order valence-electron chi connectivity index (χ3n) is 6.54. The highest BCUT2D eigenvalue weighted by Crippen LogP contribution is 2.16. The summed E-state index contributed by atoms with van der Waals surface area (Å²) in [6.07, 6.45) is 22.3. The molecule has 0 atom stereocenters. The third-order valence-corrected chi connectivity index (χ3v) is 6.54. The molecule has 0 spiro atoms. The maximum atomic E-state index is 12.1. The van der Waals surface area contributed by atoms with Crippen LogP contribution in [0.25, 0.3) is 0 Å². The van der Waals surface area contributed by atoms with Crippen molar-refractivity contribution in [1.29, 1.82) is 0 Å². The second-order valence-electron chi connectivity index (χ2n) is 11.2. The van der Waals surface area contributed by atoms with E-state index >= 15 is 0 Å². The molecule has 0 aliphatic carbocycles. The number of hydrogen-bond acceptors (Lipinski definition) is 3. The molecule has 202 valence electrons. The summed E-state index contributed by atoms with van der Waals surface area (Å²) in [5.41, 5.74) is 0.949.